The van der Waals surface area contributed by atoms with Crippen molar-refractivity contribution in [2.75, 3.05) is 39.0 Å². The van der Waals surface area contributed by atoms with Crippen LogP contribution >= 0.6 is 0 Å². The van der Waals surface area contributed by atoms with Gasteiger partial charge in [-0.2, -0.15) is 0 Å². The standard InChI is InChI=1S/C20H30N6.CH4O/c21-18-17-4-11-26(19(17)24-14-23-18)16-3-2-15(12-16)13-25-10-1-5-20(25)6-8-22-9-7-20;1-2/h4,11,14-16,22H,1-3,5-10,12-13H2,(H2,21,23,24);2H,1H3/t15-,16+;/m1./s1. The van der Waals surface area contributed by atoms with Gasteiger partial charge in [-0.25, -0.2) is 9.97 Å². The topological polar surface area (TPSA) is 92.2 Å². The second kappa shape index (κ2) is 8.35. The van der Waals surface area contributed by atoms with Crippen LogP contribution in [0.5, 0.6) is 0 Å². The maximum Gasteiger partial charge on any atom is 0.145 e. The molecule has 2 aliphatic heterocycles. The van der Waals surface area contributed by atoms with Crippen LogP contribution in [0.4, 0.5) is 5.82 Å². The average Bonchev–Trinajstić information content (AvgIpc) is 3.45. The lowest BCUT2D eigenvalue weighted by Gasteiger charge is -2.43. The number of rotatable bonds is 3. The smallest absolute Gasteiger partial charge is 0.145 e. The molecule has 2 aromatic heterocycles. The molecule has 5 rings (SSSR count). The first-order chi connectivity index (χ1) is 13.8. The Bertz CT molecular complexity index is 784. The Hall–Kier alpha value is -1.70. The Morgan fingerprint density at radius 1 is 1.21 bits per heavy atom. The van der Waals surface area contributed by atoms with Gasteiger partial charge in [-0.1, -0.05) is 0 Å². The van der Waals surface area contributed by atoms with Gasteiger partial charge in [0.15, 0.2) is 0 Å². The molecule has 7 heteroatoms. The van der Waals surface area contributed by atoms with Crippen molar-refractivity contribution in [3.63, 3.8) is 0 Å². The second-order valence-electron chi connectivity index (χ2n) is 8.58. The van der Waals surface area contributed by atoms with Crippen LogP contribution in [0.3, 0.4) is 0 Å². The molecule has 4 N–H and O–H groups in total. The number of nitrogen functional groups attached to an aromatic ring is 1. The molecule has 7 nitrogen and oxygen atoms in total. The second-order valence-corrected chi connectivity index (χ2v) is 8.58. The summed E-state index contributed by atoms with van der Waals surface area (Å²) in [5, 5.41) is 11.5. The SMILES string of the molecule is CO.Nc1ncnc2c1ccn2[C@H]1CC[C@@H](CN2CCCC23CCNCC3)C1. The number of nitrogens with two attached hydrogens (primary N) is 1. The lowest BCUT2D eigenvalue weighted by atomic mass is 9.85. The number of hydrogen-bond acceptors (Lipinski definition) is 6. The minimum absolute atomic E-state index is 0.505. The van der Waals surface area contributed by atoms with Crippen molar-refractivity contribution < 1.29 is 5.11 Å². The number of piperidine rings is 1. The summed E-state index contributed by atoms with van der Waals surface area (Å²) in [5.74, 6) is 1.40. The predicted molar refractivity (Wildman–Crippen MR) is 112 cm³/mol. The van der Waals surface area contributed by atoms with Crippen LogP contribution in [0.25, 0.3) is 11.0 Å². The minimum Gasteiger partial charge on any atom is -0.400 e. The fourth-order valence-corrected chi connectivity index (χ4v) is 5.80. The average molecular weight is 387 g/mol. The quantitative estimate of drug-likeness (QED) is 0.749. The number of hydrogen-bond donors (Lipinski definition) is 3. The summed E-state index contributed by atoms with van der Waals surface area (Å²) in [5.41, 5.74) is 7.51. The van der Waals surface area contributed by atoms with Gasteiger partial charge in [0, 0.05) is 31.4 Å². The summed E-state index contributed by atoms with van der Waals surface area (Å²) >= 11 is 0. The van der Waals surface area contributed by atoms with Gasteiger partial charge in [0.1, 0.15) is 17.8 Å². The van der Waals surface area contributed by atoms with E-state index in [9.17, 15) is 0 Å². The normalized spacial score (nSPS) is 27.2. The van der Waals surface area contributed by atoms with Gasteiger partial charge in [-0.3, -0.25) is 4.90 Å². The molecule has 28 heavy (non-hydrogen) atoms. The van der Waals surface area contributed by atoms with Gasteiger partial charge in [-0.15, -0.1) is 0 Å². The maximum atomic E-state index is 7.00. The molecule has 1 saturated carbocycles. The van der Waals surface area contributed by atoms with E-state index in [-0.39, 0.29) is 0 Å². The highest BCUT2D eigenvalue weighted by Crippen LogP contribution is 2.42. The molecule has 4 heterocycles. The van der Waals surface area contributed by atoms with E-state index in [1.807, 2.05) is 0 Å². The summed E-state index contributed by atoms with van der Waals surface area (Å²) in [6, 6.07) is 2.63. The van der Waals surface area contributed by atoms with Gasteiger partial charge < -0.3 is 20.7 Å². The van der Waals surface area contributed by atoms with Crippen LogP contribution in [0.1, 0.15) is 51.0 Å². The van der Waals surface area contributed by atoms with E-state index in [1.165, 1.54) is 71.1 Å². The molecule has 2 aromatic rings. The Kier molecular flexibility index (Phi) is 5.85. The van der Waals surface area contributed by atoms with Gasteiger partial charge in [0.05, 0.1) is 5.39 Å². The van der Waals surface area contributed by atoms with E-state index in [0.29, 0.717) is 17.4 Å². The van der Waals surface area contributed by atoms with Crippen molar-refractivity contribution in [2.24, 2.45) is 5.92 Å². The zero-order valence-corrected chi connectivity index (χ0v) is 17.0. The fraction of sp³-hybridized carbons (Fsp3) is 0.714. The molecule has 2 saturated heterocycles. The number of nitrogens with zero attached hydrogens (tertiary/aromatic N) is 4. The van der Waals surface area contributed by atoms with Crippen LogP contribution < -0.4 is 11.1 Å². The highest BCUT2D eigenvalue weighted by Gasteiger charge is 2.42. The Balaban J connectivity index is 0.000000932. The zero-order chi connectivity index (χ0) is 19.6. The highest BCUT2D eigenvalue weighted by molar-refractivity contribution is 5.86. The number of aliphatic hydroxyl groups is 1. The van der Waals surface area contributed by atoms with Gasteiger partial charge in [-0.05, 0) is 76.6 Å². The van der Waals surface area contributed by atoms with Gasteiger partial charge >= 0.3 is 0 Å². The van der Waals surface area contributed by atoms with Crippen molar-refractivity contribution >= 4 is 16.9 Å². The predicted octanol–water partition coefficient (Wildman–Crippen LogP) is 2.18. The monoisotopic (exact) mass is 386 g/mol. The molecular weight excluding hydrogens is 352 g/mol. The number of aliphatic hydroxyl groups excluding tert-OH is 1. The molecule has 0 amide bonds. The molecular formula is C21H34N6O. The van der Waals surface area contributed by atoms with E-state index in [2.05, 4.69) is 37.0 Å². The molecule has 1 aliphatic carbocycles. The molecule has 0 aromatic carbocycles. The van der Waals surface area contributed by atoms with Crippen molar-refractivity contribution in [1.82, 2.24) is 24.8 Å². The first-order valence-electron chi connectivity index (χ1n) is 10.7. The zero-order valence-electron chi connectivity index (χ0n) is 17.0. The van der Waals surface area contributed by atoms with Crippen LogP contribution in [0, 0.1) is 5.92 Å². The summed E-state index contributed by atoms with van der Waals surface area (Å²) in [4.78, 5) is 11.5. The van der Waals surface area contributed by atoms with Crippen molar-refractivity contribution in [3.05, 3.63) is 18.6 Å². The van der Waals surface area contributed by atoms with E-state index < -0.39 is 0 Å². The van der Waals surface area contributed by atoms with E-state index >= 15 is 0 Å². The van der Waals surface area contributed by atoms with Crippen LogP contribution in [-0.2, 0) is 0 Å². The third-order valence-electron chi connectivity index (χ3n) is 7.20. The number of anilines is 1. The molecule has 3 aliphatic rings. The molecule has 3 fully saturated rings. The van der Waals surface area contributed by atoms with Gasteiger partial charge in [0.25, 0.3) is 0 Å². The summed E-state index contributed by atoms with van der Waals surface area (Å²) < 4.78 is 2.34. The first kappa shape index (κ1) is 19.6. The Labute approximate surface area is 167 Å². The van der Waals surface area contributed by atoms with E-state index in [1.54, 1.807) is 6.33 Å². The van der Waals surface area contributed by atoms with Crippen molar-refractivity contribution in [1.29, 1.82) is 0 Å². The molecule has 0 bridgehead atoms. The number of likely N-dealkylation sites (tertiary alicyclic amines) is 1. The molecule has 2 atom stereocenters. The summed E-state index contributed by atoms with van der Waals surface area (Å²) in [6.07, 6.45) is 13.1. The largest absolute Gasteiger partial charge is 0.400 e. The summed E-state index contributed by atoms with van der Waals surface area (Å²) in [6.45, 7) is 4.98. The van der Waals surface area contributed by atoms with Crippen molar-refractivity contribution in [2.45, 2.75) is 56.5 Å². The number of aromatic nitrogens is 3. The third-order valence-corrected chi connectivity index (χ3v) is 7.20. The Morgan fingerprint density at radius 2 is 2.04 bits per heavy atom. The number of nitrogens with one attached hydrogen (secondary N) is 1. The van der Waals surface area contributed by atoms with Crippen LogP contribution in [0.2, 0.25) is 0 Å². The first-order valence-corrected chi connectivity index (χ1v) is 10.7. The maximum absolute atomic E-state index is 7.00. The molecule has 0 radical (unpaired) electrons. The van der Waals surface area contributed by atoms with Crippen LogP contribution in [0.15, 0.2) is 18.6 Å². The third kappa shape index (κ3) is 3.51. The van der Waals surface area contributed by atoms with E-state index in [4.69, 9.17) is 10.8 Å². The summed E-state index contributed by atoms with van der Waals surface area (Å²) in [7, 11) is 1.00. The van der Waals surface area contributed by atoms with E-state index in [0.717, 1.165) is 24.1 Å². The Morgan fingerprint density at radius 3 is 2.86 bits per heavy atom. The van der Waals surface area contributed by atoms with Gasteiger partial charge in [0.2, 0.25) is 0 Å². The minimum atomic E-state index is 0.505. The highest BCUT2D eigenvalue weighted by atomic mass is 16.2. The fourth-order valence-electron chi connectivity index (χ4n) is 5.80. The molecule has 154 valence electrons. The van der Waals surface area contributed by atoms with Crippen molar-refractivity contribution in [3.8, 4) is 0 Å². The van der Waals surface area contributed by atoms with Crippen LogP contribution in [-0.4, -0.2) is 63.4 Å². The lowest BCUT2D eigenvalue weighted by Crippen LogP contribution is -2.52. The lowest BCUT2D eigenvalue weighted by molar-refractivity contribution is 0.0833. The number of fused-ring (bicyclic) bond motifs is 1. The molecule has 1 spiro atoms. The molecule has 0 unspecified atom stereocenters.